The van der Waals surface area contributed by atoms with Crippen molar-refractivity contribution in [3.05, 3.63) is 59.6 Å². The van der Waals surface area contributed by atoms with Gasteiger partial charge >= 0.3 is 5.97 Å². The Morgan fingerprint density at radius 2 is 1.76 bits per heavy atom. The number of nitrogens with zero attached hydrogens (tertiary/aromatic N) is 2. The first-order valence-corrected chi connectivity index (χ1v) is 16.7. The van der Waals surface area contributed by atoms with Gasteiger partial charge in [-0.3, -0.25) is 14.2 Å². The summed E-state index contributed by atoms with van der Waals surface area (Å²) < 4.78 is 34.3. The minimum absolute atomic E-state index is 0.126. The number of carboxylic acids is 1. The SMILES string of the molecule is COP(=O)(C1CCC(C)CC1)N(c1cc(-c2ccc(-c3cc4ncccc4o3)cc2)sc1C(=O)O)C1CCOCC1. The van der Waals surface area contributed by atoms with Crippen molar-refractivity contribution in [1.29, 1.82) is 0 Å². The number of rotatable bonds is 8. The van der Waals surface area contributed by atoms with Crippen molar-refractivity contribution in [2.24, 2.45) is 5.92 Å². The van der Waals surface area contributed by atoms with Gasteiger partial charge in [0.1, 0.15) is 16.2 Å². The Labute approximate surface area is 243 Å². The summed E-state index contributed by atoms with van der Waals surface area (Å²) in [5.74, 6) is 0.283. The summed E-state index contributed by atoms with van der Waals surface area (Å²) in [7, 11) is -1.89. The van der Waals surface area contributed by atoms with Gasteiger partial charge in [0.25, 0.3) is 7.52 Å². The van der Waals surface area contributed by atoms with Gasteiger partial charge in [0.15, 0.2) is 5.58 Å². The zero-order chi connectivity index (χ0) is 28.6. The fraction of sp³-hybridized carbons (Fsp3) is 0.419. The Kier molecular flexibility index (Phi) is 8.05. The van der Waals surface area contributed by atoms with Gasteiger partial charge in [-0.15, -0.1) is 11.3 Å². The Bertz CT molecular complexity index is 1530. The first-order chi connectivity index (χ1) is 19.9. The van der Waals surface area contributed by atoms with E-state index in [4.69, 9.17) is 13.7 Å². The van der Waals surface area contributed by atoms with Crippen molar-refractivity contribution >= 4 is 41.6 Å². The second-order valence-electron chi connectivity index (χ2n) is 11.1. The van der Waals surface area contributed by atoms with Gasteiger partial charge in [0.2, 0.25) is 0 Å². The maximum absolute atomic E-state index is 14.9. The molecule has 216 valence electrons. The predicted molar refractivity (Wildman–Crippen MR) is 162 cm³/mol. The number of aromatic carboxylic acids is 1. The lowest BCUT2D eigenvalue weighted by atomic mass is 9.91. The van der Waals surface area contributed by atoms with Crippen LogP contribution in [0.5, 0.6) is 0 Å². The summed E-state index contributed by atoms with van der Waals surface area (Å²) >= 11 is 1.21. The van der Waals surface area contributed by atoms with E-state index in [0.717, 1.165) is 58.5 Å². The normalized spacial score (nSPS) is 21.5. The number of thiophene rings is 1. The number of ether oxygens (including phenoxy) is 1. The lowest BCUT2D eigenvalue weighted by Crippen LogP contribution is -2.41. The van der Waals surface area contributed by atoms with Crippen molar-refractivity contribution < 1.29 is 28.1 Å². The summed E-state index contributed by atoms with van der Waals surface area (Å²) in [4.78, 5) is 17.9. The Hall–Kier alpha value is -2.97. The molecule has 6 rings (SSSR count). The molecule has 4 aromatic rings. The highest BCUT2D eigenvalue weighted by atomic mass is 32.1. The molecule has 1 saturated carbocycles. The fourth-order valence-electron chi connectivity index (χ4n) is 6.14. The summed E-state index contributed by atoms with van der Waals surface area (Å²) in [6.07, 6.45) is 6.68. The van der Waals surface area contributed by atoms with Crippen LogP contribution in [0.3, 0.4) is 0 Å². The number of hydrogen-bond donors (Lipinski definition) is 1. The zero-order valence-electron chi connectivity index (χ0n) is 23.3. The molecule has 1 N–H and O–H groups in total. The molecule has 4 heterocycles. The highest BCUT2D eigenvalue weighted by Gasteiger charge is 2.46. The summed E-state index contributed by atoms with van der Waals surface area (Å²) in [6.45, 7) is 3.32. The Morgan fingerprint density at radius 3 is 2.41 bits per heavy atom. The van der Waals surface area contributed by atoms with E-state index in [0.29, 0.717) is 37.7 Å². The van der Waals surface area contributed by atoms with Crippen LogP contribution in [0.15, 0.2) is 59.1 Å². The smallest absolute Gasteiger partial charge is 0.348 e. The van der Waals surface area contributed by atoms with E-state index in [1.54, 1.807) is 6.20 Å². The van der Waals surface area contributed by atoms with E-state index in [2.05, 4.69) is 11.9 Å². The highest BCUT2D eigenvalue weighted by Crippen LogP contribution is 2.63. The second kappa shape index (κ2) is 11.7. The van der Waals surface area contributed by atoms with Crippen LogP contribution >= 0.6 is 18.9 Å². The average molecular weight is 595 g/mol. The summed E-state index contributed by atoms with van der Waals surface area (Å²) in [5, 5.41) is 10.3. The number of aromatic nitrogens is 1. The molecule has 1 aliphatic heterocycles. The Morgan fingerprint density at radius 1 is 1.05 bits per heavy atom. The lowest BCUT2D eigenvalue weighted by Gasteiger charge is -2.44. The molecule has 0 bridgehead atoms. The number of carboxylic acid groups (broad SMARTS) is 1. The molecular formula is C31H35N2O6PS. The van der Waals surface area contributed by atoms with Crippen molar-refractivity contribution in [3.8, 4) is 21.8 Å². The molecule has 1 aromatic carbocycles. The van der Waals surface area contributed by atoms with Gasteiger partial charge in [0, 0.05) is 49.1 Å². The predicted octanol–water partition coefficient (Wildman–Crippen LogP) is 8.33. The van der Waals surface area contributed by atoms with Crippen LogP contribution in [0.25, 0.3) is 32.9 Å². The molecule has 1 saturated heterocycles. The Balaban J connectivity index is 1.38. The third-order valence-electron chi connectivity index (χ3n) is 8.44. The second-order valence-corrected chi connectivity index (χ2v) is 14.8. The number of carbonyl (C=O) groups is 1. The van der Waals surface area contributed by atoms with E-state index in [9.17, 15) is 14.5 Å². The molecule has 2 aliphatic rings. The number of hydrogen-bond acceptors (Lipinski definition) is 7. The van der Waals surface area contributed by atoms with Crippen LogP contribution in [0.2, 0.25) is 0 Å². The summed E-state index contributed by atoms with van der Waals surface area (Å²) in [6, 6.07) is 15.3. The van der Waals surface area contributed by atoms with Crippen molar-refractivity contribution in [3.63, 3.8) is 0 Å². The average Bonchev–Trinajstić information content (AvgIpc) is 3.63. The van der Waals surface area contributed by atoms with Gasteiger partial charge in [0.05, 0.1) is 11.3 Å². The van der Waals surface area contributed by atoms with Crippen molar-refractivity contribution in [1.82, 2.24) is 4.98 Å². The quantitative estimate of drug-likeness (QED) is 0.203. The number of furan rings is 1. The van der Waals surface area contributed by atoms with Gasteiger partial charge in [-0.25, -0.2) is 4.79 Å². The molecule has 1 unspecified atom stereocenters. The molecule has 1 atom stereocenters. The molecule has 3 aromatic heterocycles. The topological polar surface area (TPSA) is 102 Å². The van der Waals surface area contributed by atoms with Crippen molar-refractivity contribution in [2.45, 2.75) is 57.1 Å². The van der Waals surface area contributed by atoms with E-state index in [-0.39, 0.29) is 16.6 Å². The van der Waals surface area contributed by atoms with E-state index >= 15 is 0 Å². The highest BCUT2D eigenvalue weighted by molar-refractivity contribution is 7.61. The molecular weight excluding hydrogens is 559 g/mol. The minimum atomic E-state index is -3.41. The third kappa shape index (κ3) is 5.48. The molecule has 0 radical (unpaired) electrons. The van der Waals surface area contributed by atoms with E-state index in [1.165, 1.54) is 18.4 Å². The maximum atomic E-state index is 14.9. The van der Waals surface area contributed by atoms with E-state index in [1.807, 2.05) is 53.2 Å². The maximum Gasteiger partial charge on any atom is 0.348 e. The largest absolute Gasteiger partial charge is 0.477 e. The molecule has 41 heavy (non-hydrogen) atoms. The van der Waals surface area contributed by atoms with Crippen LogP contribution < -0.4 is 4.67 Å². The van der Waals surface area contributed by atoms with Crippen molar-refractivity contribution in [2.75, 3.05) is 25.0 Å². The molecule has 2 fully saturated rings. The number of benzene rings is 1. The minimum Gasteiger partial charge on any atom is -0.477 e. The van der Waals surface area contributed by atoms with Crippen LogP contribution in [-0.2, 0) is 13.8 Å². The molecule has 10 heteroatoms. The van der Waals surface area contributed by atoms with Crippen LogP contribution in [0, 0.1) is 5.92 Å². The molecule has 8 nitrogen and oxygen atoms in total. The first-order valence-electron chi connectivity index (χ1n) is 14.2. The van der Waals surface area contributed by atoms with Crippen LogP contribution in [0.4, 0.5) is 5.69 Å². The first kappa shape index (κ1) is 28.2. The zero-order valence-corrected chi connectivity index (χ0v) is 25.0. The molecule has 1 aliphatic carbocycles. The number of anilines is 1. The lowest BCUT2D eigenvalue weighted by molar-refractivity contribution is 0.0702. The van der Waals surface area contributed by atoms with Gasteiger partial charge in [-0.1, -0.05) is 31.2 Å². The molecule has 0 amide bonds. The third-order valence-corrected chi connectivity index (χ3v) is 12.7. The molecule has 0 spiro atoms. The van der Waals surface area contributed by atoms with Gasteiger partial charge < -0.3 is 18.8 Å². The van der Waals surface area contributed by atoms with Crippen LogP contribution in [-0.4, -0.2) is 48.1 Å². The van der Waals surface area contributed by atoms with Crippen LogP contribution in [0.1, 0.15) is 55.1 Å². The summed E-state index contributed by atoms with van der Waals surface area (Å²) in [5.41, 5.74) is 3.66. The monoisotopic (exact) mass is 594 g/mol. The standard InChI is InChI=1S/C31H35N2O6PS/c1-20-5-11-24(12-6-20)40(36,37-2)33(23-13-16-38-17-14-23)26-19-29(41-30(26)31(34)35)22-9-7-21(8-10-22)28-18-25-27(39-28)4-3-15-32-25/h3-4,7-10,15,18-20,23-24H,5-6,11-14,16-17H2,1-2H3,(H,34,35). The van der Waals surface area contributed by atoms with E-state index < -0.39 is 13.5 Å². The van der Waals surface area contributed by atoms with Gasteiger partial charge in [-0.2, -0.15) is 0 Å². The fourth-order valence-corrected chi connectivity index (χ4v) is 10.1. The van der Waals surface area contributed by atoms with Gasteiger partial charge in [-0.05, 0) is 68.2 Å². The number of fused-ring (bicyclic) bond motifs is 1. The number of pyridine rings is 1.